The van der Waals surface area contributed by atoms with Gasteiger partial charge in [-0.25, -0.2) is 17.5 Å². The lowest BCUT2D eigenvalue weighted by molar-refractivity contribution is 0.180. The Hall–Kier alpha value is -1.18. The standard InChI is InChI=1S/C10H15FN2O3S/c1-7(6-16-2)13-17(14,15)10-8(11)4-3-5-9(10)12/h3-5,7,13H,6,12H2,1-2H3. The lowest BCUT2D eigenvalue weighted by Gasteiger charge is -2.14. The molecule has 0 spiro atoms. The number of sulfonamides is 1. The van der Waals surface area contributed by atoms with Gasteiger partial charge in [0.15, 0.2) is 0 Å². The molecule has 0 amide bonds. The van der Waals surface area contributed by atoms with E-state index in [4.69, 9.17) is 10.5 Å². The van der Waals surface area contributed by atoms with E-state index in [9.17, 15) is 12.8 Å². The summed E-state index contributed by atoms with van der Waals surface area (Å²) in [6.45, 7) is 1.80. The molecular formula is C10H15FN2O3S. The zero-order valence-electron chi connectivity index (χ0n) is 9.60. The van der Waals surface area contributed by atoms with Gasteiger partial charge in [0.25, 0.3) is 0 Å². The normalized spacial score (nSPS) is 13.6. The van der Waals surface area contributed by atoms with E-state index in [0.29, 0.717) is 0 Å². The second-order valence-corrected chi connectivity index (χ2v) is 5.29. The zero-order valence-corrected chi connectivity index (χ0v) is 10.4. The summed E-state index contributed by atoms with van der Waals surface area (Å²) >= 11 is 0. The highest BCUT2D eigenvalue weighted by molar-refractivity contribution is 7.89. The van der Waals surface area contributed by atoms with E-state index >= 15 is 0 Å². The molecule has 0 saturated heterocycles. The van der Waals surface area contributed by atoms with Crippen molar-refractivity contribution >= 4 is 15.7 Å². The fourth-order valence-electron chi connectivity index (χ4n) is 1.42. The van der Waals surface area contributed by atoms with Gasteiger partial charge in [-0.1, -0.05) is 6.07 Å². The molecule has 0 aliphatic rings. The first-order valence-electron chi connectivity index (χ1n) is 4.93. The maximum absolute atomic E-state index is 13.5. The number of nitrogens with two attached hydrogens (primary N) is 1. The van der Waals surface area contributed by atoms with Crippen LogP contribution in [0, 0.1) is 5.82 Å². The SMILES string of the molecule is COCC(C)NS(=O)(=O)c1c(N)cccc1F. The molecule has 5 nitrogen and oxygen atoms in total. The average molecular weight is 262 g/mol. The smallest absolute Gasteiger partial charge is 0.245 e. The third-order valence-corrected chi connectivity index (χ3v) is 3.72. The van der Waals surface area contributed by atoms with E-state index in [1.807, 2.05) is 0 Å². The van der Waals surface area contributed by atoms with Gasteiger partial charge in [0, 0.05) is 13.2 Å². The van der Waals surface area contributed by atoms with Crippen molar-refractivity contribution in [2.24, 2.45) is 0 Å². The number of hydrogen-bond acceptors (Lipinski definition) is 4. The number of nitrogens with one attached hydrogen (secondary N) is 1. The summed E-state index contributed by atoms with van der Waals surface area (Å²) in [6.07, 6.45) is 0. The van der Waals surface area contributed by atoms with Gasteiger partial charge in [-0.05, 0) is 19.1 Å². The first-order chi connectivity index (χ1) is 7.88. The summed E-state index contributed by atoms with van der Waals surface area (Å²) < 4.78 is 44.3. The highest BCUT2D eigenvalue weighted by Gasteiger charge is 2.23. The molecule has 0 aliphatic heterocycles. The summed E-state index contributed by atoms with van der Waals surface area (Å²) in [5.41, 5.74) is 5.34. The highest BCUT2D eigenvalue weighted by atomic mass is 32.2. The van der Waals surface area contributed by atoms with Gasteiger partial charge in [0.2, 0.25) is 10.0 Å². The van der Waals surface area contributed by atoms with Crippen LogP contribution in [0.2, 0.25) is 0 Å². The molecule has 0 bridgehead atoms. The van der Waals surface area contributed by atoms with Gasteiger partial charge in [-0.3, -0.25) is 0 Å². The molecule has 1 atom stereocenters. The molecule has 1 rings (SSSR count). The van der Waals surface area contributed by atoms with Crippen LogP contribution in [-0.4, -0.2) is 28.2 Å². The largest absolute Gasteiger partial charge is 0.398 e. The first kappa shape index (κ1) is 13.9. The van der Waals surface area contributed by atoms with Crippen LogP contribution >= 0.6 is 0 Å². The third kappa shape index (κ3) is 3.39. The lowest BCUT2D eigenvalue weighted by atomic mass is 10.3. The molecular weight excluding hydrogens is 247 g/mol. The molecule has 0 fully saturated rings. The van der Waals surface area contributed by atoms with Crippen LogP contribution in [0.4, 0.5) is 10.1 Å². The maximum atomic E-state index is 13.5. The van der Waals surface area contributed by atoms with Crippen molar-refractivity contribution in [3.05, 3.63) is 24.0 Å². The molecule has 1 unspecified atom stereocenters. The minimum atomic E-state index is -3.97. The van der Waals surface area contributed by atoms with Gasteiger partial charge < -0.3 is 10.5 Å². The Bertz CT molecular complexity index is 470. The summed E-state index contributed by atoms with van der Waals surface area (Å²) in [7, 11) is -2.53. The molecule has 17 heavy (non-hydrogen) atoms. The van der Waals surface area contributed by atoms with Crippen molar-refractivity contribution in [1.29, 1.82) is 0 Å². The summed E-state index contributed by atoms with van der Waals surface area (Å²) in [4.78, 5) is -0.525. The van der Waals surface area contributed by atoms with Gasteiger partial charge >= 0.3 is 0 Å². The summed E-state index contributed by atoms with van der Waals surface area (Å²) in [6, 6.07) is 3.26. The fraction of sp³-hybridized carbons (Fsp3) is 0.400. The average Bonchev–Trinajstić information content (AvgIpc) is 2.15. The van der Waals surface area contributed by atoms with E-state index in [-0.39, 0.29) is 12.3 Å². The maximum Gasteiger partial charge on any atom is 0.245 e. The number of rotatable bonds is 5. The number of ether oxygens (including phenoxy) is 1. The number of benzene rings is 1. The Morgan fingerprint density at radius 1 is 1.53 bits per heavy atom. The number of halogens is 1. The Labute approximate surface area is 99.8 Å². The Kier molecular flexibility index (Phi) is 4.44. The molecule has 96 valence electrons. The number of hydrogen-bond donors (Lipinski definition) is 2. The fourth-order valence-corrected chi connectivity index (χ4v) is 2.84. The van der Waals surface area contributed by atoms with Crippen molar-refractivity contribution in [3.8, 4) is 0 Å². The second kappa shape index (κ2) is 5.44. The van der Waals surface area contributed by atoms with Crippen LogP contribution in [0.1, 0.15) is 6.92 Å². The van der Waals surface area contributed by atoms with Crippen LogP contribution in [0.5, 0.6) is 0 Å². The van der Waals surface area contributed by atoms with E-state index in [1.165, 1.54) is 19.2 Å². The molecule has 0 aromatic heterocycles. The van der Waals surface area contributed by atoms with Gasteiger partial charge in [0.05, 0.1) is 12.3 Å². The predicted octanol–water partition coefficient (Wildman–Crippen LogP) is 0.721. The molecule has 0 saturated carbocycles. The molecule has 1 aromatic carbocycles. The molecule has 0 radical (unpaired) electrons. The quantitative estimate of drug-likeness (QED) is 0.766. The number of nitrogen functional groups attached to an aromatic ring is 1. The van der Waals surface area contributed by atoms with Crippen molar-refractivity contribution < 1.29 is 17.5 Å². The number of anilines is 1. The molecule has 3 N–H and O–H groups in total. The first-order valence-corrected chi connectivity index (χ1v) is 6.42. The van der Waals surface area contributed by atoms with Crippen LogP contribution in [0.15, 0.2) is 23.1 Å². The highest BCUT2D eigenvalue weighted by Crippen LogP contribution is 2.21. The van der Waals surface area contributed by atoms with E-state index in [2.05, 4.69) is 4.72 Å². The van der Waals surface area contributed by atoms with E-state index < -0.39 is 26.8 Å². The van der Waals surface area contributed by atoms with Crippen LogP contribution in [-0.2, 0) is 14.8 Å². The summed E-state index contributed by atoms with van der Waals surface area (Å²) in [5.74, 6) is -0.873. The van der Waals surface area contributed by atoms with E-state index in [0.717, 1.165) is 6.07 Å². The van der Waals surface area contributed by atoms with Crippen LogP contribution in [0.25, 0.3) is 0 Å². The lowest BCUT2D eigenvalue weighted by Crippen LogP contribution is -2.36. The third-order valence-electron chi connectivity index (χ3n) is 2.04. The van der Waals surface area contributed by atoms with Crippen molar-refractivity contribution in [3.63, 3.8) is 0 Å². The zero-order chi connectivity index (χ0) is 13.1. The molecule has 1 aromatic rings. The Balaban J connectivity index is 3.06. The van der Waals surface area contributed by atoms with Crippen LogP contribution < -0.4 is 10.5 Å². The second-order valence-electron chi connectivity index (χ2n) is 3.64. The Morgan fingerprint density at radius 3 is 2.71 bits per heavy atom. The van der Waals surface area contributed by atoms with Crippen molar-refractivity contribution in [1.82, 2.24) is 4.72 Å². The molecule has 0 aliphatic carbocycles. The summed E-state index contributed by atoms with van der Waals surface area (Å²) in [5, 5.41) is 0. The monoisotopic (exact) mass is 262 g/mol. The molecule has 7 heteroatoms. The number of methoxy groups -OCH3 is 1. The molecule has 0 heterocycles. The predicted molar refractivity (Wildman–Crippen MR) is 62.5 cm³/mol. The minimum absolute atomic E-state index is 0.123. The van der Waals surface area contributed by atoms with Gasteiger partial charge in [0.1, 0.15) is 10.7 Å². The minimum Gasteiger partial charge on any atom is -0.398 e. The Morgan fingerprint density at radius 2 is 2.18 bits per heavy atom. The van der Waals surface area contributed by atoms with Crippen molar-refractivity contribution in [2.45, 2.75) is 17.9 Å². The van der Waals surface area contributed by atoms with Crippen molar-refractivity contribution in [2.75, 3.05) is 19.5 Å². The van der Waals surface area contributed by atoms with Crippen LogP contribution in [0.3, 0.4) is 0 Å². The van der Waals surface area contributed by atoms with Gasteiger partial charge in [-0.15, -0.1) is 0 Å². The van der Waals surface area contributed by atoms with Gasteiger partial charge in [-0.2, -0.15) is 0 Å². The topological polar surface area (TPSA) is 81.4 Å². The van der Waals surface area contributed by atoms with E-state index in [1.54, 1.807) is 6.92 Å².